The molecule has 0 aliphatic rings. The standard InChI is InChI=1S/C13H17Cl2NO2/c1-7(2)8(3)16-13(17)9-5-10(14)12(18-4)11(15)6-9/h5-8H,1-4H3,(H,16,17). The number of ether oxygens (including phenoxy) is 1. The van der Waals surface area contributed by atoms with Gasteiger partial charge in [0.1, 0.15) is 0 Å². The van der Waals surface area contributed by atoms with Gasteiger partial charge in [-0.05, 0) is 25.0 Å². The molecule has 1 N–H and O–H groups in total. The van der Waals surface area contributed by atoms with Crippen molar-refractivity contribution in [3.8, 4) is 5.75 Å². The zero-order chi connectivity index (χ0) is 13.9. The summed E-state index contributed by atoms with van der Waals surface area (Å²) in [5.41, 5.74) is 0.429. The van der Waals surface area contributed by atoms with E-state index in [2.05, 4.69) is 5.32 Å². The van der Waals surface area contributed by atoms with E-state index in [1.807, 2.05) is 20.8 Å². The third-order valence-corrected chi connectivity index (χ3v) is 3.38. The lowest BCUT2D eigenvalue weighted by atomic mass is 10.1. The van der Waals surface area contributed by atoms with Crippen LogP contribution in [-0.2, 0) is 0 Å². The van der Waals surface area contributed by atoms with Crippen LogP contribution in [0.3, 0.4) is 0 Å². The summed E-state index contributed by atoms with van der Waals surface area (Å²) >= 11 is 12.0. The Labute approximate surface area is 117 Å². The van der Waals surface area contributed by atoms with Gasteiger partial charge < -0.3 is 10.1 Å². The minimum Gasteiger partial charge on any atom is -0.494 e. The number of nitrogens with one attached hydrogen (secondary N) is 1. The summed E-state index contributed by atoms with van der Waals surface area (Å²) < 4.78 is 5.03. The molecule has 0 saturated carbocycles. The molecule has 1 rings (SSSR count). The van der Waals surface area contributed by atoms with Gasteiger partial charge in [-0.2, -0.15) is 0 Å². The number of carbonyl (C=O) groups excluding carboxylic acids is 1. The third-order valence-electron chi connectivity index (χ3n) is 2.82. The molecule has 1 amide bonds. The molecule has 1 atom stereocenters. The molecule has 3 nitrogen and oxygen atoms in total. The van der Waals surface area contributed by atoms with Crippen molar-refractivity contribution >= 4 is 29.1 Å². The average Bonchev–Trinajstić information content (AvgIpc) is 2.28. The molecule has 0 heterocycles. The first-order chi connectivity index (χ1) is 8.36. The number of methoxy groups -OCH3 is 1. The van der Waals surface area contributed by atoms with Crippen LogP contribution in [0.1, 0.15) is 31.1 Å². The maximum Gasteiger partial charge on any atom is 0.251 e. The van der Waals surface area contributed by atoms with Gasteiger partial charge in [0.15, 0.2) is 5.75 Å². The van der Waals surface area contributed by atoms with Gasteiger partial charge in [0.05, 0.1) is 17.2 Å². The van der Waals surface area contributed by atoms with E-state index < -0.39 is 0 Å². The van der Waals surface area contributed by atoms with Crippen molar-refractivity contribution in [3.63, 3.8) is 0 Å². The number of hydrogen-bond acceptors (Lipinski definition) is 2. The second-order valence-electron chi connectivity index (χ2n) is 4.48. The van der Waals surface area contributed by atoms with Gasteiger partial charge in [-0.1, -0.05) is 37.0 Å². The van der Waals surface area contributed by atoms with E-state index in [-0.39, 0.29) is 11.9 Å². The minimum absolute atomic E-state index is 0.0807. The highest BCUT2D eigenvalue weighted by molar-refractivity contribution is 6.37. The summed E-state index contributed by atoms with van der Waals surface area (Å²) in [6.45, 7) is 6.03. The summed E-state index contributed by atoms with van der Waals surface area (Å²) in [5.74, 6) is 0.549. The quantitative estimate of drug-likeness (QED) is 0.916. The zero-order valence-electron chi connectivity index (χ0n) is 10.9. The zero-order valence-corrected chi connectivity index (χ0v) is 12.4. The van der Waals surface area contributed by atoms with Gasteiger partial charge in [-0.25, -0.2) is 0 Å². The number of rotatable bonds is 4. The number of benzene rings is 1. The van der Waals surface area contributed by atoms with E-state index in [1.54, 1.807) is 12.1 Å². The molecule has 0 aliphatic heterocycles. The molecule has 100 valence electrons. The van der Waals surface area contributed by atoms with Gasteiger partial charge in [-0.15, -0.1) is 0 Å². The molecule has 5 heteroatoms. The minimum atomic E-state index is -0.192. The molecule has 18 heavy (non-hydrogen) atoms. The first kappa shape index (κ1) is 15.1. The van der Waals surface area contributed by atoms with E-state index in [9.17, 15) is 4.79 Å². The van der Waals surface area contributed by atoms with Crippen LogP contribution in [0.15, 0.2) is 12.1 Å². The second-order valence-corrected chi connectivity index (χ2v) is 5.29. The molecule has 0 fully saturated rings. The summed E-state index contributed by atoms with van der Waals surface area (Å²) in [6.07, 6.45) is 0. The van der Waals surface area contributed by atoms with E-state index in [1.165, 1.54) is 7.11 Å². The fourth-order valence-corrected chi connectivity index (χ4v) is 1.98. The molecule has 0 bridgehead atoms. The largest absolute Gasteiger partial charge is 0.494 e. The maximum absolute atomic E-state index is 12.0. The van der Waals surface area contributed by atoms with Crippen LogP contribution in [0.2, 0.25) is 10.0 Å². The van der Waals surface area contributed by atoms with Gasteiger partial charge in [0, 0.05) is 11.6 Å². The normalized spacial score (nSPS) is 12.4. The first-order valence-electron chi connectivity index (χ1n) is 5.70. The topological polar surface area (TPSA) is 38.3 Å². The van der Waals surface area contributed by atoms with Crippen LogP contribution < -0.4 is 10.1 Å². The van der Waals surface area contributed by atoms with Crippen LogP contribution in [0.5, 0.6) is 5.75 Å². The van der Waals surface area contributed by atoms with Crippen LogP contribution >= 0.6 is 23.2 Å². The summed E-state index contributed by atoms with van der Waals surface area (Å²) in [4.78, 5) is 12.0. The van der Waals surface area contributed by atoms with Gasteiger partial charge >= 0.3 is 0 Å². The van der Waals surface area contributed by atoms with Crippen molar-refractivity contribution in [1.82, 2.24) is 5.32 Å². The monoisotopic (exact) mass is 289 g/mol. The lowest BCUT2D eigenvalue weighted by molar-refractivity contribution is 0.0930. The molecule has 0 aliphatic carbocycles. The van der Waals surface area contributed by atoms with Crippen molar-refractivity contribution in [2.45, 2.75) is 26.8 Å². The Hall–Kier alpha value is -0.930. The van der Waals surface area contributed by atoms with E-state index >= 15 is 0 Å². The van der Waals surface area contributed by atoms with Crippen molar-refractivity contribution in [3.05, 3.63) is 27.7 Å². The van der Waals surface area contributed by atoms with Crippen molar-refractivity contribution in [2.24, 2.45) is 5.92 Å². The van der Waals surface area contributed by atoms with E-state index in [0.717, 1.165) is 0 Å². The van der Waals surface area contributed by atoms with Gasteiger partial charge in [-0.3, -0.25) is 4.79 Å². The van der Waals surface area contributed by atoms with Crippen molar-refractivity contribution in [2.75, 3.05) is 7.11 Å². The molecule has 0 radical (unpaired) electrons. The Morgan fingerprint density at radius 1 is 1.22 bits per heavy atom. The maximum atomic E-state index is 12.0. The molecule has 0 spiro atoms. The van der Waals surface area contributed by atoms with Crippen molar-refractivity contribution < 1.29 is 9.53 Å². The Morgan fingerprint density at radius 2 is 1.72 bits per heavy atom. The fourth-order valence-electron chi connectivity index (χ4n) is 1.34. The summed E-state index contributed by atoms with van der Waals surface area (Å²) in [6, 6.07) is 3.18. The Balaban J connectivity index is 2.94. The van der Waals surface area contributed by atoms with Gasteiger partial charge in [0.2, 0.25) is 0 Å². The lowest BCUT2D eigenvalue weighted by Gasteiger charge is -2.18. The molecule has 0 saturated heterocycles. The third kappa shape index (κ3) is 3.53. The van der Waals surface area contributed by atoms with Gasteiger partial charge in [0.25, 0.3) is 5.91 Å². The van der Waals surface area contributed by atoms with Crippen LogP contribution in [0.25, 0.3) is 0 Å². The Kier molecular flexibility index (Phi) is 5.29. The first-order valence-corrected chi connectivity index (χ1v) is 6.46. The lowest BCUT2D eigenvalue weighted by Crippen LogP contribution is -2.36. The summed E-state index contributed by atoms with van der Waals surface area (Å²) in [5, 5.41) is 3.54. The molecular formula is C13H17Cl2NO2. The van der Waals surface area contributed by atoms with Crippen molar-refractivity contribution in [1.29, 1.82) is 0 Å². The van der Waals surface area contributed by atoms with Crippen LogP contribution in [0, 0.1) is 5.92 Å². The highest BCUT2D eigenvalue weighted by atomic mass is 35.5. The Bertz CT molecular complexity index is 424. The van der Waals surface area contributed by atoms with E-state index in [4.69, 9.17) is 27.9 Å². The van der Waals surface area contributed by atoms with Crippen LogP contribution in [-0.4, -0.2) is 19.1 Å². The fraction of sp³-hybridized carbons (Fsp3) is 0.462. The number of halogens is 2. The average molecular weight is 290 g/mol. The number of hydrogen-bond donors (Lipinski definition) is 1. The number of amides is 1. The van der Waals surface area contributed by atoms with E-state index in [0.29, 0.717) is 27.3 Å². The highest BCUT2D eigenvalue weighted by Gasteiger charge is 2.16. The second kappa shape index (κ2) is 6.30. The molecular weight excluding hydrogens is 273 g/mol. The SMILES string of the molecule is COc1c(Cl)cc(C(=O)NC(C)C(C)C)cc1Cl. The number of carbonyl (C=O) groups is 1. The molecule has 1 aromatic carbocycles. The molecule has 1 unspecified atom stereocenters. The Morgan fingerprint density at radius 3 is 2.11 bits per heavy atom. The molecule has 0 aromatic heterocycles. The smallest absolute Gasteiger partial charge is 0.251 e. The van der Waals surface area contributed by atoms with Crippen LogP contribution in [0.4, 0.5) is 0 Å². The summed E-state index contributed by atoms with van der Waals surface area (Å²) in [7, 11) is 1.48. The predicted octanol–water partition coefficient (Wildman–Crippen LogP) is 3.78. The highest BCUT2D eigenvalue weighted by Crippen LogP contribution is 2.33. The molecule has 1 aromatic rings. The predicted molar refractivity (Wildman–Crippen MR) is 74.8 cm³/mol.